The zero-order chi connectivity index (χ0) is 12.5. The number of rotatable bonds is 3. The van der Waals surface area contributed by atoms with Gasteiger partial charge in [0.2, 0.25) is 5.91 Å². The van der Waals surface area contributed by atoms with Crippen molar-refractivity contribution in [2.45, 2.75) is 38.7 Å². The van der Waals surface area contributed by atoms with Crippen LogP contribution in [0.4, 0.5) is 0 Å². The van der Waals surface area contributed by atoms with Crippen LogP contribution in [0.1, 0.15) is 32.6 Å². The first kappa shape index (κ1) is 12.4. The number of carboxylic acids is 1. The lowest BCUT2D eigenvalue weighted by Crippen LogP contribution is -2.36. The number of amides is 1. The SMILES string of the molecule is CC1(C(=O)O)CCN(C(=O)CC2CCCO2)C1. The van der Waals surface area contributed by atoms with Crippen LogP contribution in [0.2, 0.25) is 0 Å². The van der Waals surface area contributed by atoms with Crippen LogP contribution >= 0.6 is 0 Å². The Morgan fingerprint density at radius 3 is 2.82 bits per heavy atom. The van der Waals surface area contributed by atoms with Gasteiger partial charge in [-0.15, -0.1) is 0 Å². The van der Waals surface area contributed by atoms with E-state index in [-0.39, 0.29) is 12.0 Å². The zero-order valence-corrected chi connectivity index (χ0v) is 10.1. The van der Waals surface area contributed by atoms with Crippen molar-refractivity contribution in [3.8, 4) is 0 Å². The average Bonchev–Trinajstić information content (AvgIpc) is 2.88. The van der Waals surface area contributed by atoms with Gasteiger partial charge in [-0.2, -0.15) is 0 Å². The third-order valence-electron chi connectivity index (χ3n) is 3.77. The fraction of sp³-hybridized carbons (Fsp3) is 0.833. The molecule has 0 radical (unpaired) electrons. The molecule has 0 aromatic rings. The second-order valence-corrected chi connectivity index (χ2v) is 5.27. The number of aliphatic carboxylic acids is 1. The van der Waals surface area contributed by atoms with Gasteiger partial charge in [-0.25, -0.2) is 0 Å². The molecule has 2 unspecified atom stereocenters. The first-order chi connectivity index (χ1) is 8.01. The summed E-state index contributed by atoms with van der Waals surface area (Å²) >= 11 is 0. The van der Waals surface area contributed by atoms with Crippen molar-refractivity contribution in [1.29, 1.82) is 0 Å². The van der Waals surface area contributed by atoms with Crippen LogP contribution in [-0.2, 0) is 14.3 Å². The van der Waals surface area contributed by atoms with Gasteiger partial charge in [0.25, 0.3) is 0 Å². The Morgan fingerprint density at radius 2 is 2.29 bits per heavy atom. The van der Waals surface area contributed by atoms with Crippen LogP contribution in [0.25, 0.3) is 0 Å². The van der Waals surface area contributed by atoms with E-state index < -0.39 is 11.4 Å². The molecular formula is C12H19NO4. The number of ether oxygens (including phenoxy) is 1. The minimum absolute atomic E-state index is 0.0295. The summed E-state index contributed by atoms with van der Waals surface area (Å²) in [5.74, 6) is -0.785. The summed E-state index contributed by atoms with van der Waals surface area (Å²) in [6.07, 6.45) is 2.94. The first-order valence-electron chi connectivity index (χ1n) is 6.14. The predicted octanol–water partition coefficient (Wildman–Crippen LogP) is 0.879. The Morgan fingerprint density at radius 1 is 1.53 bits per heavy atom. The summed E-state index contributed by atoms with van der Waals surface area (Å²) in [4.78, 5) is 24.7. The topological polar surface area (TPSA) is 66.8 Å². The Labute approximate surface area is 101 Å². The van der Waals surface area contributed by atoms with E-state index in [2.05, 4.69) is 0 Å². The Bertz CT molecular complexity index is 324. The van der Waals surface area contributed by atoms with Gasteiger partial charge in [0, 0.05) is 19.7 Å². The summed E-state index contributed by atoms with van der Waals surface area (Å²) in [5.41, 5.74) is -0.772. The molecule has 2 atom stereocenters. The molecule has 0 aliphatic carbocycles. The normalized spacial score (nSPS) is 33.0. The molecule has 5 heteroatoms. The highest BCUT2D eigenvalue weighted by Crippen LogP contribution is 2.31. The molecular weight excluding hydrogens is 222 g/mol. The van der Waals surface area contributed by atoms with E-state index in [1.807, 2.05) is 0 Å². The van der Waals surface area contributed by atoms with E-state index >= 15 is 0 Å². The van der Waals surface area contributed by atoms with E-state index in [4.69, 9.17) is 9.84 Å². The lowest BCUT2D eigenvalue weighted by atomic mass is 9.90. The van der Waals surface area contributed by atoms with E-state index in [9.17, 15) is 9.59 Å². The molecule has 2 rings (SSSR count). The molecule has 2 heterocycles. The Kier molecular flexibility index (Phi) is 3.38. The van der Waals surface area contributed by atoms with E-state index in [0.29, 0.717) is 25.9 Å². The van der Waals surface area contributed by atoms with Crippen molar-refractivity contribution in [3.05, 3.63) is 0 Å². The summed E-state index contributed by atoms with van der Waals surface area (Å²) in [5, 5.41) is 9.09. The van der Waals surface area contributed by atoms with Crippen LogP contribution in [0.3, 0.4) is 0 Å². The molecule has 2 aliphatic heterocycles. The molecule has 0 bridgehead atoms. The highest BCUT2D eigenvalue weighted by atomic mass is 16.5. The molecule has 0 aromatic carbocycles. The van der Waals surface area contributed by atoms with Crippen molar-refractivity contribution in [2.24, 2.45) is 5.41 Å². The van der Waals surface area contributed by atoms with E-state index in [1.165, 1.54) is 0 Å². The predicted molar refractivity (Wildman–Crippen MR) is 60.5 cm³/mol. The summed E-state index contributed by atoms with van der Waals surface area (Å²) in [6.45, 7) is 3.32. The molecule has 0 saturated carbocycles. The maximum absolute atomic E-state index is 12.0. The summed E-state index contributed by atoms with van der Waals surface area (Å²) < 4.78 is 5.42. The standard InChI is InChI=1S/C12H19NO4/c1-12(11(15)16)4-5-13(8-12)10(14)7-9-3-2-6-17-9/h9H,2-8H2,1H3,(H,15,16). The molecule has 2 saturated heterocycles. The quantitative estimate of drug-likeness (QED) is 0.796. The van der Waals surface area contributed by atoms with Crippen LogP contribution in [0.15, 0.2) is 0 Å². The number of hydrogen-bond donors (Lipinski definition) is 1. The largest absolute Gasteiger partial charge is 0.481 e. The van der Waals surface area contributed by atoms with Crippen molar-refractivity contribution >= 4 is 11.9 Å². The molecule has 0 spiro atoms. The van der Waals surface area contributed by atoms with Gasteiger partial charge in [0.15, 0.2) is 0 Å². The number of likely N-dealkylation sites (tertiary alicyclic amines) is 1. The maximum Gasteiger partial charge on any atom is 0.311 e. The fourth-order valence-corrected chi connectivity index (χ4v) is 2.48. The van der Waals surface area contributed by atoms with Crippen LogP contribution in [-0.4, -0.2) is 47.7 Å². The van der Waals surface area contributed by atoms with Crippen molar-refractivity contribution in [2.75, 3.05) is 19.7 Å². The van der Waals surface area contributed by atoms with Crippen LogP contribution in [0.5, 0.6) is 0 Å². The fourth-order valence-electron chi connectivity index (χ4n) is 2.48. The number of carboxylic acid groups (broad SMARTS) is 1. The monoisotopic (exact) mass is 241 g/mol. The minimum Gasteiger partial charge on any atom is -0.481 e. The van der Waals surface area contributed by atoms with Crippen LogP contribution in [0, 0.1) is 5.41 Å². The Hall–Kier alpha value is -1.10. The molecule has 17 heavy (non-hydrogen) atoms. The number of nitrogens with zero attached hydrogens (tertiary/aromatic N) is 1. The molecule has 96 valence electrons. The average molecular weight is 241 g/mol. The molecule has 2 fully saturated rings. The van der Waals surface area contributed by atoms with E-state index in [0.717, 1.165) is 19.4 Å². The van der Waals surface area contributed by atoms with Gasteiger partial charge in [-0.3, -0.25) is 9.59 Å². The smallest absolute Gasteiger partial charge is 0.311 e. The van der Waals surface area contributed by atoms with Gasteiger partial charge in [0.05, 0.1) is 17.9 Å². The third kappa shape index (κ3) is 2.60. The molecule has 1 N–H and O–H groups in total. The minimum atomic E-state index is -0.815. The molecule has 2 aliphatic rings. The lowest BCUT2D eigenvalue weighted by Gasteiger charge is -2.21. The molecule has 5 nitrogen and oxygen atoms in total. The second kappa shape index (κ2) is 4.64. The van der Waals surface area contributed by atoms with Gasteiger partial charge < -0.3 is 14.7 Å². The van der Waals surface area contributed by atoms with Gasteiger partial charge in [0.1, 0.15) is 0 Å². The zero-order valence-electron chi connectivity index (χ0n) is 10.1. The summed E-state index contributed by atoms with van der Waals surface area (Å²) in [7, 11) is 0. The molecule has 1 amide bonds. The highest BCUT2D eigenvalue weighted by molar-refractivity contribution is 5.80. The van der Waals surface area contributed by atoms with Gasteiger partial charge in [-0.1, -0.05) is 0 Å². The lowest BCUT2D eigenvalue weighted by molar-refractivity contribution is -0.147. The number of carbonyl (C=O) groups excluding carboxylic acids is 1. The van der Waals surface area contributed by atoms with Gasteiger partial charge in [-0.05, 0) is 26.2 Å². The van der Waals surface area contributed by atoms with Crippen molar-refractivity contribution in [3.63, 3.8) is 0 Å². The van der Waals surface area contributed by atoms with Crippen molar-refractivity contribution < 1.29 is 19.4 Å². The second-order valence-electron chi connectivity index (χ2n) is 5.27. The van der Waals surface area contributed by atoms with Crippen molar-refractivity contribution in [1.82, 2.24) is 4.90 Å². The Balaban J connectivity index is 1.87. The third-order valence-corrected chi connectivity index (χ3v) is 3.77. The first-order valence-corrected chi connectivity index (χ1v) is 6.14. The molecule has 0 aromatic heterocycles. The van der Waals surface area contributed by atoms with E-state index in [1.54, 1.807) is 11.8 Å². The maximum atomic E-state index is 12.0. The van der Waals surface area contributed by atoms with Gasteiger partial charge >= 0.3 is 5.97 Å². The highest BCUT2D eigenvalue weighted by Gasteiger charge is 2.42. The number of hydrogen-bond acceptors (Lipinski definition) is 3. The number of carbonyl (C=O) groups is 2. The van der Waals surface area contributed by atoms with Crippen LogP contribution < -0.4 is 0 Å². The summed E-state index contributed by atoms with van der Waals surface area (Å²) in [6, 6.07) is 0.